The summed E-state index contributed by atoms with van der Waals surface area (Å²) in [5.74, 6) is 1.61. The first-order valence-electron chi connectivity index (χ1n) is 11.2. The molecule has 9 heteroatoms. The lowest BCUT2D eigenvalue weighted by Crippen LogP contribution is -2.41. The standard InChI is InChI=1S/C24H26N4O3S2/c29-22(27(15-18-7-3-1-4-8-18)21-13-14-33(30,31)17-21)16-32-24-25-23(19-11-12-19)28(26-24)20-9-5-2-6-10-20/h1-10,19,21H,11-17H2/t21-/m0/s1. The first kappa shape index (κ1) is 22.2. The third-order valence-corrected chi connectivity index (χ3v) is 8.62. The van der Waals surface area contributed by atoms with Gasteiger partial charge in [-0.05, 0) is 37.0 Å². The summed E-state index contributed by atoms with van der Waals surface area (Å²) in [7, 11) is -3.10. The van der Waals surface area contributed by atoms with Gasteiger partial charge in [-0.1, -0.05) is 60.3 Å². The number of aromatic nitrogens is 3. The van der Waals surface area contributed by atoms with Crippen molar-refractivity contribution in [2.75, 3.05) is 17.3 Å². The summed E-state index contributed by atoms with van der Waals surface area (Å²) < 4.78 is 26.0. The molecule has 0 spiro atoms. The van der Waals surface area contributed by atoms with Gasteiger partial charge in [0.1, 0.15) is 5.82 Å². The van der Waals surface area contributed by atoms with Gasteiger partial charge < -0.3 is 4.90 Å². The van der Waals surface area contributed by atoms with E-state index in [1.54, 1.807) is 4.90 Å². The number of carbonyl (C=O) groups excluding carboxylic acids is 1. The number of carbonyl (C=O) groups is 1. The quantitative estimate of drug-likeness (QED) is 0.457. The molecule has 0 N–H and O–H groups in total. The maximum atomic E-state index is 13.3. The molecular weight excluding hydrogens is 456 g/mol. The van der Waals surface area contributed by atoms with Crippen LogP contribution in [0.5, 0.6) is 0 Å². The zero-order valence-electron chi connectivity index (χ0n) is 18.2. The average molecular weight is 483 g/mol. The van der Waals surface area contributed by atoms with Crippen molar-refractivity contribution in [2.45, 2.75) is 42.9 Å². The second-order valence-electron chi connectivity index (χ2n) is 8.63. The number of sulfone groups is 1. The van der Waals surface area contributed by atoms with Crippen molar-refractivity contribution in [2.24, 2.45) is 0 Å². The number of para-hydroxylation sites is 1. The lowest BCUT2D eigenvalue weighted by molar-refractivity contribution is -0.130. The second-order valence-corrected chi connectivity index (χ2v) is 11.8. The molecule has 2 aliphatic rings. The highest BCUT2D eigenvalue weighted by atomic mass is 32.2. The second kappa shape index (κ2) is 9.30. The van der Waals surface area contributed by atoms with Gasteiger partial charge >= 0.3 is 0 Å². The van der Waals surface area contributed by atoms with Gasteiger partial charge in [-0.15, -0.1) is 5.10 Å². The van der Waals surface area contributed by atoms with Gasteiger partial charge in [-0.3, -0.25) is 4.79 Å². The normalized spacial score (nSPS) is 19.5. The summed E-state index contributed by atoms with van der Waals surface area (Å²) in [4.78, 5) is 19.7. The fraction of sp³-hybridized carbons (Fsp3) is 0.375. The molecule has 1 saturated heterocycles. The Morgan fingerprint density at radius 2 is 1.73 bits per heavy atom. The molecule has 1 aromatic heterocycles. The molecule has 172 valence electrons. The highest BCUT2D eigenvalue weighted by molar-refractivity contribution is 7.99. The first-order chi connectivity index (χ1) is 16.0. The topological polar surface area (TPSA) is 85.2 Å². The van der Waals surface area contributed by atoms with Gasteiger partial charge in [-0.25, -0.2) is 18.1 Å². The molecule has 1 saturated carbocycles. The minimum Gasteiger partial charge on any atom is -0.334 e. The Morgan fingerprint density at radius 1 is 1.03 bits per heavy atom. The molecule has 2 heterocycles. The lowest BCUT2D eigenvalue weighted by atomic mass is 10.1. The van der Waals surface area contributed by atoms with E-state index in [4.69, 9.17) is 4.98 Å². The van der Waals surface area contributed by atoms with Crippen LogP contribution in [0.2, 0.25) is 0 Å². The van der Waals surface area contributed by atoms with Crippen LogP contribution in [-0.4, -0.2) is 57.3 Å². The van der Waals surface area contributed by atoms with Crippen molar-refractivity contribution in [1.29, 1.82) is 0 Å². The number of thioether (sulfide) groups is 1. The van der Waals surface area contributed by atoms with Gasteiger partial charge in [0, 0.05) is 18.5 Å². The molecule has 5 rings (SSSR count). The minimum atomic E-state index is -3.10. The summed E-state index contributed by atoms with van der Waals surface area (Å²) in [6.45, 7) is 0.402. The van der Waals surface area contributed by atoms with E-state index in [9.17, 15) is 13.2 Å². The Kier molecular flexibility index (Phi) is 6.25. The predicted molar refractivity (Wildman–Crippen MR) is 128 cm³/mol. The van der Waals surface area contributed by atoms with Gasteiger partial charge in [0.05, 0.1) is 22.9 Å². The van der Waals surface area contributed by atoms with Gasteiger partial charge in [0.2, 0.25) is 11.1 Å². The Balaban J connectivity index is 1.32. The fourth-order valence-electron chi connectivity index (χ4n) is 4.16. The summed E-state index contributed by atoms with van der Waals surface area (Å²) >= 11 is 1.32. The van der Waals surface area contributed by atoms with Crippen molar-refractivity contribution in [3.05, 3.63) is 72.1 Å². The monoisotopic (exact) mass is 482 g/mol. The summed E-state index contributed by atoms with van der Waals surface area (Å²) in [6.07, 6.45) is 2.70. The van der Waals surface area contributed by atoms with Crippen LogP contribution < -0.4 is 0 Å². The van der Waals surface area contributed by atoms with E-state index < -0.39 is 9.84 Å². The van der Waals surface area contributed by atoms with Crippen LogP contribution in [0, 0.1) is 0 Å². The molecule has 1 atom stereocenters. The van der Waals surface area contributed by atoms with Crippen LogP contribution in [-0.2, 0) is 21.2 Å². The Hall–Kier alpha value is -2.65. The van der Waals surface area contributed by atoms with Gasteiger partial charge in [-0.2, -0.15) is 0 Å². The largest absolute Gasteiger partial charge is 0.334 e. The Morgan fingerprint density at radius 3 is 2.36 bits per heavy atom. The molecule has 0 unspecified atom stereocenters. The molecule has 1 aliphatic carbocycles. The predicted octanol–water partition coefficient (Wildman–Crippen LogP) is 3.45. The average Bonchev–Trinajstić information content (AvgIpc) is 3.48. The summed E-state index contributed by atoms with van der Waals surface area (Å²) in [5, 5.41) is 5.26. The van der Waals surface area contributed by atoms with Crippen molar-refractivity contribution < 1.29 is 13.2 Å². The van der Waals surface area contributed by atoms with Crippen molar-refractivity contribution in [1.82, 2.24) is 19.7 Å². The van der Waals surface area contributed by atoms with Crippen LogP contribution >= 0.6 is 11.8 Å². The number of hydrogen-bond donors (Lipinski definition) is 0. The summed E-state index contributed by atoms with van der Waals surface area (Å²) in [5.41, 5.74) is 1.95. The molecule has 7 nitrogen and oxygen atoms in total. The number of amides is 1. The number of rotatable bonds is 8. The van der Waals surface area contributed by atoms with Crippen LogP contribution in [0.3, 0.4) is 0 Å². The number of benzene rings is 2. The van der Waals surface area contributed by atoms with Crippen LogP contribution in [0.25, 0.3) is 5.69 Å². The fourth-order valence-corrected chi connectivity index (χ4v) is 6.61. The molecule has 3 aromatic rings. The molecular formula is C24H26N4O3S2. The van der Waals surface area contributed by atoms with Crippen LogP contribution in [0.4, 0.5) is 0 Å². The summed E-state index contributed by atoms with van der Waals surface area (Å²) in [6, 6.07) is 19.3. The molecule has 0 radical (unpaired) electrons. The maximum Gasteiger partial charge on any atom is 0.233 e. The highest BCUT2D eigenvalue weighted by Gasteiger charge is 2.35. The van der Waals surface area contributed by atoms with E-state index in [-0.39, 0.29) is 29.2 Å². The van der Waals surface area contributed by atoms with Gasteiger partial charge in [0.15, 0.2) is 9.84 Å². The van der Waals surface area contributed by atoms with Crippen LogP contribution in [0.1, 0.15) is 36.6 Å². The van der Waals surface area contributed by atoms with Crippen molar-refractivity contribution in [3.63, 3.8) is 0 Å². The minimum absolute atomic E-state index is 0.0307. The molecule has 1 amide bonds. The van der Waals surface area contributed by atoms with E-state index in [1.807, 2.05) is 65.3 Å². The first-order valence-corrected chi connectivity index (χ1v) is 14.0. The van der Waals surface area contributed by atoms with Crippen molar-refractivity contribution in [3.8, 4) is 5.69 Å². The maximum absolute atomic E-state index is 13.3. The SMILES string of the molecule is O=C(CSc1nc(C2CC2)n(-c2ccccc2)n1)N(Cc1ccccc1)[C@H]1CCS(=O)(=O)C1. The van der Waals surface area contributed by atoms with Crippen LogP contribution in [0.15, 0.2) is 65.8 Å². The van der Waals surface area contributed by atoms with E-state index in [0.29, 0.717) is 24.0 Å². The molecule has 2 fully saturated rings. The third-order valence-electron chi connectivity index (χ3n) is 6.05. The van der Waals surface area contributed by atoms with Gasteiger partial charge in [0.25, 0.3) is 0 Å². The zero-order chi connectivity index (χ0) is 22.8. The third kappa shape index (κ3) is 5.30. The molecule has 2 aromatic carbocycles. The van der Waals surface area contributed by atoms with Crippen molar-refractivity contribution >= 4 is 27.5 Å². The number of nitrogens with zero attached hydrogens (tertiary/aromatic N) is 4. The smallest absolute Gasteiger partial charge is 0.233 e. The zero-order valence-corrected chi connectivity index (χ0v) is 19.8. The lowest BCUT2D eigenvalue weighted by Gasteiger charge is -2.28. The van der Waals surface area contributed by atoms with E-state index in [1.165, 1.54) is 11.8 Å². The Bertz CT molecular complexity index is 1230. The van der Waals surface area contributed by atoms with E-state index in [0.717, 1.165) is 29.9 Å². The number of hydrogen-bond acceptors (Lipinski definition) is 6. The van der Waals surface area contributed by atoms with E-state index >= 15 is 0 Å². The van der Waals surface area contributed by atoms with E-state index in [2.05, 4.69) is 5.10 Å². The molecule has 1 aliphatic heterocycles. The Labute approximate surface area is 198 Å². The molecule has 0 bridgehead atoms. The molecule has 33 heavy (non-hydrogen) atoms. The highest BCUT2D eigenvalue weighted by Crippen LogP contribution is 2.40.